The zero-order valence-corrected chi connectivity index (χ0v) is 39.7. The fourth-order valence-corrected chi connectivity index (χ4v) is 8.90. The number of likely N-dealkylation sites (tertiary alicyclic amines) is 2. The van der Waals surface area contributed by atoms with E-state index in [9.17, 15) is 14.4 Å². The molecule has 0 N–H and O–H groups in total. The Labute approximate surface area is 369 Å². The molecule has 352 valence electrons. The summed E-state index contributed by atoms with van der Waals surface area (Å²) in [4.78, 5) is 43.4. The van der Waals surface area contributed by atoms with Crippen molar-refractivity contribution in [1.82, 2.24) is 9.80 Å². The number of carbonyl (C=O) groups is 3. The molecule has 0 aromatic carbocycles. The first-order chi connectivity index (χ1) is 29.5. The Morgan fingerprint density at radius 2 is 1.02 bits per heavy atom. The number of nitrogens with zero attached hydrogens (tertiary/aromatic N) is 2. The van der Waals surface area contributed by atoms with Gasteiger partial charge in [-0.25, -0.2) is 0 Å². The highest BCUT2D eigenvalue weighted by molar-refractivity contribution is 5.76. The van der Waals surface area contributed by atoms with Gasteiger partial charge in [0.1, 0.15) is 12.1 Å². The van der Waals surface area contributed by atoms with Gasteiger partial charge in [0.25, 0.3) is 0 Å². The molecule has 60 heavy (non-hydrogen) atoms. The molecule has 0 saturated carbocycles. The van der Waals surface area contributed by atoms with Crippen molar-refractivity contribution in [3.8, 4) is 0 Å². The highest BCUT2D eigenvalue weighted by Gasteiger charge is 2.38. The van der Waals surface area contributed by atoms with Gasteiger partial charge in [-0.05, 0) is 96.7 Å². The van der Waals surface area contributed by atoms with E-state index in [1.54, 1.807) is 0 Å². The molecule has 2 heterocycles. The molecule has 9 heteroatoms. The summed E-state index contributed by atoms with van der Waals surface area (Å²) >= 11 is 0. The van der Waals surface area contributed by atoms with Gasteiger partial charge in [0.2, 0.25) is 0 Å². The Hall–Kier alpha value is -1.71. The molecule has 2 fully saturated rings. The molecule has 2 saturated heterocycles. The molecule has 0 amide bonds. The van der Waals surface area contributed by atoms with Gasteiger partial charge >= 0.3 is 17.9 Å². The maximum absolute atomic E-state index is 13.5. The van der Waals surface area contributed by atoms with Crippen LogP contribution in [0.3, 0.4) is 0 Å². The van der Waals surface area contributed by atoms with Crippen LogP contribution in [-0.2, 0) is 33.3 Å². The van der Waals surface area contributed by atoms with Crippen LogP contribution in [0.5, 0.6) is 0 Å². The molecule has 0 bridgehead atoms. The number of rotatable bonds is 42. The second-order valence-electron chi connectivity index (χ2n) is 18.4. The van der Waals surface area contributed by atoms with Crippen molar-refractivity contribution >= 4 is 17.9 Å². The minimum atomic E-state index is -0.315. The zero-order chi connectivity index (χ0) is 43.1. The summed E-state index contributed by atoms with van der Waals surface area (Å²) in [5.41, 5.74) is 0. The summed E-state index contributed by atoms with van der Waals surface area (Å²) in [6.07, 6.45) is 37.3. The van der Waals surface area contributed by atoms with Gasteiger partial charge in [0.15, 0.2) is 0 Å². The second-order valence-corrected chi connectivity index (χ2v) is 18.4. The van der Waals surface area contributed by atoms with E-state index in [1.807, 2.05) is 0 Å². The van der Waals surface area contributed by atoms with Crippen LogP contribution in [0.4, 0.5) is 0 Å². The Kier molecular flexibility index (Phi) is 35.3. The Morgan fingerprint density at radius 1 is 0.517 bits per heavy atom. The lowest BCUT2D eigenvalue weighted by atomic mass is 10.0. The van der Waals surface area contributed by atoms with Gasteiger partial charge in [0, 0.05) is 39.0 Å². The molecule has 2 aliphatic rings. The summed E-state index contributed by atoms with van der Waals surface area (Å²) in [5, 5.41) is 0. The quantitative estimate of drug-likeness (QED) is 0.0338. The maximum Gasteiger partial charge on any atom is 0.323 e. The third kappa shape index (κ3) is 29.6. The van der Waals surface area contributed by atoms with Gasteiger partial charge in [-0.15, -0.1) is 0 Å². The predicted octanol–water partition coefficient (Wildman–Crippen LogP) is 12.7. The molecule has 0 aromatic heterocycles. The van der Waals surface area contributed by atoms with E-state index in [2.05, 4.69) is 30.6 Å². The third-order valence-electron chi connectivity index (χ3n) is 12.7. The number of carbonyl (C=O) groups excluding carboxylic acids is 3. The van der Waals surface area contributed by atoms with E-state index in [1.165, 1.54) is 135 Å². The minimum Gasteiger partial charge on any atom is -0.466 e. The highest BCUT2D eigenvalue weighted by atomic mass is 16.5. The molecule has 0 aromatic rings. The fraction of sp³-hybridized carbons (Fsp3) is 0.941. The Bertz CT molecular complexity index is 1010. The summed E-state index contributed by atoms with van der Waals surface area (Å²) in [6, 6.07) is -0.315. The lowest BCUT2D eigenvalue weighted by Crippen LogP contribution is -2.38. The van der Waals surface area contributed by atoms with E-state index in [0.717, 1.165) is 83.8 Å². The summed E-state index contributed by atoms with van der Waals surface area (Å²) in [6.45, 7) is 13.3. The van der Waals surface area contributed by atoms with Crippen molar-refractivity contribution in [2.75, 3.05) is 52.5 Å². The molecular formula is C51H96N2O7. The molecule has 2 atom stereocenters. The number of unbranched alkanes of at least 4 members (excludes halogenated alkanes) is 21. The van der Waals surface area contributed by atoms with Crippen molar-refractivity contribution in [2.24, 2.45) is 0 Å². The highest BCUT2D eigenvalue weighted by Crippen LogP contribution is 2.24. The normalized spacial score (nSPS) is 17.2. The van der Waals surface area contributed by atoms with E-state index < -0.39 is 0 Å². The second kappa shape index (κ2) is 38.9. The van der Waals surface area contributed by atoms with Gasteiger partial charge in [0.05, 0.1) is 19.3 Å². The molecule has 0 spiro atoms. The van der Waals surface area contributed by atoms with Crippen LogP contribution in [0.1, 0.15) is 239 Å². The van der Waals surface area contributed by atoms with E-state index >= 15 is 0 Å². The summed E-state index contributed by atoms with van der Waals surface area (Å²) < 4.78 is 23.7. The van der Waals surface area contributed by atoms with Gasteiger partial charge in [-0.1, -0.05) is 143 Å². The van der Waals surface area contributed by atoms with E-state index in [0.29, 0.717) is 51.9 Å². The van der Waals surface area contributed by atoms with Crippen LogP contribution in [-0.4, -0.2) is 98.5 Å². The van der Waals surface area contributed by atoms with Crippen LogP contribution < -0.4 is 0 Å². The number of hydrogen-bond donors (Lipinski definition) is 0. The first-order valence-electron chi connectivity index (χ1n) is 26.1. The van der Waals surface area contributed by atoms with Gasteiger partial charge in [-0.3, -0.25) is 19.3 Å². The molecule has 2 aliphatic heterocycles. The van der Waals surface area contributed by atoms with E-state index in [4.69, 9.17) is 18.9 Å². The van der Waals surface area contributed by atoms with Crippen LogP contribution in [0.15, 0.2) is 0 Å². The van der Waals surface area contributed by atoms with Gasteiger partial charge in [-0.2, -0.15) is 0 Å². The Morgan fingerprint density at radius 3 is 1.63 bits per heavy atom. The average Bonchev–Trinajstić information content (AvgIpc) is 3.92. The molecule has 2 rings (SSSR count). The molecule has 9 nitrogen and oxygen atoms in total. The monoisotopic (exact) mass is 849 g/mol. The molecular weight excluding hydrogens is 753 g/mol. The van der Waals surface area contributed by atoms with Crippen LogP contribution in [0.2, 0.25) is 0 Å². The van der Waals surface area contributed by atoms with Crippen LogP contribution >= 0.6 is 0 Å². The average molecular weight is 849 g/mol. The largest absolute Gasteiger partial charge is 0.466 e. The molecule has 1 unspecified atom stereocenters. The topological polar surface area (TPSA) is 94.6 Å². The van der Waals surface area contributed by atoms with Crippen molar-refractivity contribution < 1.29 is 33.3 Å². The maximum atomic E-state index is 13.5. The summed E-state index contributed by atoms with van der Waals surface area (Å²) in [7, 11) is 0. The lowest BCUT2D eigenvalue weighted by molar-refractivity contribution is -0.150. The minimum absolute atomic E-state index is 0.0209. The SMILES string of the molecule is CCCCCCCCCCCOC(=O)CCCCCN1CC(OCCCN2CCCC2)C[C@H]1C(=O)OCCCCC(=O)OC(CCCCCCCC)CCCCCCCC. The number of ether oxygens (including phenoxy) is 4. The van der Waals surface area contributed by atoms with Crippen molar-refractivity contribution in [3.63, 3.8) is 0 Å². The van der Waals surface area contributed by atoms with Crippen LogP contribution in [0, 0.1) is 0 Å². The first-order valence-corrected chi connectivity index (χ1v) is 26.1. The van der Waals surface area contributed by atoms with Crippen molar-refractivity contribution in [2.45, 2.75) is 257 Å². The lowest BCUT2D eigenvalue weighted by Gasteiger charge is -2.22. The van der Waals surface area contributed by atoms with Crippen molar-refractivity contribution in [3.05, 3.63) is 0 Å². The van der Waals surface area contributed by atoms with Crippen molar-refractivity contribution in [1.29, 1.82) is 0 Å². The van der Waals surface area contributed by atoms with Crippen LogP contribution in [0.25, 0.3) is 0 Å². The smallest absolute Gasteiger partial charge is 0.323 e. The van der Waals surface area contributed by atoms with E-state index in [-0.39, 0.29) is 36.2 Å². The van der Waals surface area contributed by atoms with Gasteiger partial charge < -0.3 is 23.8 Å². The molecule has 0 aliphatic carbocycles. The number of hydrogen-bond acceptors (Lipinski definition) is 9. The Balaban J connectivity index is 1.70. The first kappa shape index (κ1) is 54.4. The third-order valence-corrected chi connectivity index (χ3v) is 12.7. The zero-order valence-electron chi connectivity index (χ0n) is 39.7. The summed E-state index contributed by atoms with van der Waals surface area (Å²) in [5.74, 6) is -0.380. The standard InChI is InChI=1S/C51H96N2O7/c1-4-7-10-13-16-17-18-21-30-41-58-49(54)35-25-22-27-40-53-45-47(57-43-32-39-52-37-28-29-38-52)44-48(53)51(56)59-42-31-26-36-50(55)60-46(33-23-19-14-11-8-5-2)34-24-20-15-12-9-6-3/h46-48H,4-45H2,1-3H3/t47?,48-/m0/s1. The predicted molar refractivity (Wildman–Crippen MR) is 247 cm³/mol. The number of esters is 3. The fourth-order valence-electron chi connectivity index (χ4n) is 8.90. The molecule has 0 radical (unpaired) electrons.